The normalized spacial score (nSPS) is 12.9. The summed E-state index contributed by atoms with van der Waals surface area (Å²) >= 11 is 0. The summed E-state index contributed by atoms with van der Waals surface area (Å²) < 4.78 is 23.4. The molecule has 6 nitrogen and oxygen atoms in total. The Morgan fingerprint density at radius 1 is 0.610 bits per heavy atom. The highest BCUT2D eigenvalue weighted by molar-refractivity contribution is 5.81. The number of carbonyl (C=O) groups excluding carboxylic acids is 2. The first-order valence-corrected chi connectivity index (χ1v) is 14.0. The Hall–Kier alpha value is -3.22. The molecule has 2 aromatic carbocycles. The summed E-state index contributed by atoms with van der Waals surface area (Å²) in [5.41, 5.74) is 1.15. The molecule has 224 valence electrons. The van der Waals surface area contributed by atoms with E-state index in [2.05, 4.69) is 63.4 Å². The van der Waals surface area contributed by atoms with Crippen molar-refractivity contribution in [3.8, 4) is 0 Å². The van der Waals surface area contributed by atoms with Crippen LogP contribution in [0.25, 0.3) is 0 Å². The second kappa shape index (κ2) is 12.7. The lowest BCUT2D eigenvalue weighted by Crippen LogP contribution is -2.37. The van der Waals surface area contributed by atoms with Crippen molar-refractivity contribution >= 4 is 11.9 Å². The molecule has 0 fully saturated rings. The highest BCUT2D eigenvalue weighted by Gasteiger charge is 2.32. The summed E-state index contributed by atoms with van der Waals surface area (Å²) in [6.07, 6.45) is 2.31. The van der Waals surface area contributed by atoms with Crippen molar-refractivity contribution in [2.75, 3.05) is 13.2 Å². The lowest BCUT2D eigenvalue weighted by Gasteiger charge is -2.34. The molecule has 0 saturated heterocycles. The van der Waals surface area contributed by atoms with Crippen LogP contribution in [0.2, 0.25) is 0 Å². The fourth-order valence-corrected chi connectivity index (χ4v) is 4.29. The van der Waals surface area contributed by atoms with Crippen LogP contribution in [0.4, 0.5) is 0 Å². The summed E-state index contributed by atoms with van der Waals surface area (Å²) in [6.45, 7) is 27.1. The molecule has 0 bridgehead atoms. The van der Waals surface area contributed by atoms with Crippen LogP contribution < -0.4 is 0 Å². The van der Waals surface area contributed by atoms with Gasteiger partial charge in [-0.25, -0.2) is 9.59 Å². The van der Waals surface area contributed by atoms with Gasteiger partial charge in [0.15, 0.2) is 0 Å². The molecule has 2 aromatic rings. The molecule has 0 aliphatic rings. The van der Waals surface area contributed by atoms with Crippen LogP contribution in [0, 0.1) is 0 Å². The van der Waals surface area contributed by atoms with Crippen molar-refractivity contribution in [1.82, 2.24) is 0 Å². The van der Waals surface area contributed by atoms with Gasteiger partial charge in [0.1, 0.15) is 11.2 Å². The topological polar surface area (TPSA) is 71.1 Å². The maximum atomic E-state index is 11.7. The van der Waals surface area contributed by atoms with Gasteiger partial charge in [-0.3, -0.25) is 0 Å². The van der Waals surface area contributed by atoms with Gasteiger partial charge in [-0.1, -0.05) is 75.5 Å². The van der Waals surface area contributed by atoms with E-state index in [-0.39, 0.29) is 18.6 Å². The molecule has 0 aromatic heterocycles. The zero-order valence-electron chi connectivity index (χ0n) is 26.6. The molecule has 0 N–H and O–H groups in total. The smallest absolute Gasteiger partial charge is 0.330 e. The Bertz CT molecular complexity index is 1150. The van der Waals surface area contributed by atoms with E-state index in [0.717, 1.165) is 34.4 Å². The van der Waals surface area contributed by atoms with Crippen molar-refractivity contribution < 1.29 is 28.5 Å². The maximum absolute atomic E-state index is 11.7. The summed E-state index contributed by atoms with van der Waals surface area (Å²) in [4.78, 5) is 23.4. The van der Waals surface area contributed by atoms with Crippen LogP contribution in [0.1, 0.15) is 91.5 Å². The summed E-state index contributed by atoms with van der Waals surface area (Å²) in [5.74, 6) is -0.952. The Kier molecular flexibility index (Phi) is 10.6. The van der Waals surface area contributed by atoms with Gasteiger partial charge in [-0.05, 0) is 77.6 Å². The average molecular weight is 565 g/mol. The minimum atomic E-state index is -0.794. The van der Waals surface area contributed by atoms with Crippen LogP contribution >= 0.6 is 0 Å². The highest BCUT2D eigenvalue weighted by atomic mass is 16.6. The van der Waals surface area contributed by atoms with Crippen LogP contribution in [0.5, 0.6) is 0 Å². The van der Waals surface area contributed by atoms with E-state index in [1.165, 1.54) is 0 Å². The molecule has 0 aliphatic carbocycles. The molecule has 0 amide bonds. The molecule has 6 heteroatoms. The number of esters is 2. The number of ether oxygens (including phenoxy) is 4. The zero-order valence-corrected chi connectivity index (χ0v) is 26.6. The third-order valence-electron chi connectivity index (χ3n) is 7.21. The summed E-state index contributed by atoms with van der Waals surface area (Å²) in [6, 6.07) is 16.8. The predicted molar refractivity (Wildman–Crippen MR) is 164 cm³/mol. The van der Waals surface area contributed by atoms with E-state index >= 15 is 0 Å². The average Bonchev–Trinajstić information content (AvgIpc) is 2.90. The van der Waals surface area contributed by atoms with E-state index in [9.17, 15) is 9.59 Å². The van der Waals surface area contributed by atoms with Crippen LogP contribution in [0.3, 0.4) is 0 Å². The lowest BCUT2D eigenvalue weighted by atomic mass is 9.76. The first kappa shape index (κ1) is 34.0. The van der Waals surface area contributed by atoms with Gasteiger partial charge in [-0.15, -0.1) is 0 Å². The quantitative estimate of drug-likeness (QED) is 0.174. The van der Waals surface area contributed by atoms with Crippen molar-refractivity contribution in [2.45, 2.75) is 97.1 Å². The minimum absolute atomic E-state index is 0.230. The van der Waals surface area contributed by atoms with Crippen LogP contribution in [-0.4, -0.2) is 36.4 Å². The highest BCUT2D eigenvalue weighted by Crippen LogP contribution is 2.37. The van der Waals surface area contributed by atoms with E-state index in [1.54, 1.807) is 0 Å². The van der Waals surface area contributed by atoms with E-state index in [4.69, 9.17) is 18.9 Å². The van der Waals surface area contributed by atoms with Gasteiger partial charge >= 0.3 is 11.9 Å². The first-order chi connectivity index (χ1) is 18.7. The lowest BCUT2D eigenvalue weighted by molar-refractivity contribution is -0.164. The third kappa shape index (κ3) is 9.40. The minimum Gasteiger partial charge on any atom is -0.454 e. The molecule has 0 heterocycles. The molecule has 0 unspecified atom stereocenters. The van der Waals surface area contributed by atoms with Gasteiger partial charge in [0, 0.05) is 17.6 Å². The molecule has 0 radical (unpaired) electrons. The standard InChI is InChI=1S/C35H48O6/c1-13-29(36)40-31(3,4)23-38-34(9,10)27-19-15-17-25(21-27)33(7,8)26-18-16-20-28(22-26)35(11,12)39-24-32(5,6)41-30(37)14-2/h13-22H,1-2,23-24H2,3-12H3. The van der Waals surface area contributed by atoms with Gasteiger partial charge in [0.25, 0.3) is 0 Å². The van der Waals surface area contributed by atoms with E-state index in [1.807, 2.05) is 67.5 Å². The van der Waals surface area contributed by atoms with Crippen molar-refractivity contribution in [3.05, 3.63) is 96.1 Å². The Morgan fingerprint density at radius 2 is 0.927 bits per heavy atom. The van der Waals surface area contributed by atoms with Crippen LogP contribution in [-0.2, 0) is 45.2 Å². The fraction of sp³-hybridized carbons (Fsp3) is 0.486. The molecule has 0 aliphatic heterocycles. The fourth-order valence-electron chi connectivity index (χ4n) is 4.29. The Balaban J connectivity index is 2.28. The molecule has 0 atom stereocenters. The Labute approximate surface area is 246 Å². The van der Waals surface area contributed by atoms with Gasteiger partial charge < -0.3 is 18.9 Å². The van der Waals surface area contributed by atoms with Crippen molar-refractivity contribution in [2.24, 2.45) is 0 Å². The first-order valence-electron chi connectivity index (χ1n) is 14.0. The number of benzene rings is 2. The van der Waals surface area contributed by atoms with Gasteiger partial charge in [0.05, 0.1) is 24.4 Å². The monoisotopic (exact) mass is 564 g/mol. The number of hydrogen-bond donors (Lipinski definition) is 0. The number of rotatable bonds is 14. The van der Waals surface area contributed by atoms with Gasteiger partial charge in [0.2, 0.25) is 0 Å². The molecule has 2 rings (SSSR count). The molecular weight excluding hydrogens is 516 g/mol. The van der Waals surface area contributed by atoms with E-state index < -0.39 is 34.3 Å². The van der Waals surface area contributed by atoms with Crippen molar-refractivity contribution in [3.63, 3.8) is 0 Å². The van der Waals surface area contributed by atoms with Gasteiger partial charge in [-0.2, -0.15) is 0 Å². The number of carbonyl (C=O) groups is 2. The molecule has 0 spiro atoms. The predicted octanol–water partition coefficient (Wildman–Crippen LogP) is 7.53. The van der Waals surface area contributed by atoms with Crippen molar-refractivity contribution in [1.29, 1.82) is 0 Å². The second-order valence-corrected chi connectivity index (χ2v) is 13.2. The summed E-state index contributed by atoms with van der Waals surface area (Å²) in [5, 5.41) is 0. The second-order valence-electron chi connectivity index (χ2n) is 13.2. The SMILES string of the molecule is C=CC(=O)OC(C)(C)COC(C)(C)c1cccc(C(C)(C)c2cccc(C(C)(C)OCC(C)(C)OC(=O)C=C)c2)c1. The summed E-state index contributed by atoms with van der Waals surface area (Å²) in [7, 11) is 0. The third-order valence-corrected chi connectivity index (χ3v) is 7.21. The zero-order chi connectivity index (χ0) is 31.3. The van der Waals surface area contributed by atoms with E-state index in [0.29, 0.717) is 0 Å². The molecule has 0 saturated carbocycles. The number of hydrogen-bond acceptors (Lipinski definition) is 6. The van der Waals surface area contributed by atoms with Crippen LogP contribution in [0.15, 0.2) is 73.8 Å². The Morgan fingerprint density at radius 3 is 1.24 bits per heavy atom. The molecule has 41 heavy (non-hydrogen) atoms. The maximum Gasteiger partial charge on any atom is 0.330 e. The molecular formula is C35H48O6. The largest absolute Gasteiger partial charge is 0.454 e.